The monoisotopic (exact) mass is 505 g/mol. The fourth-order valence-electron chi connectivity index (χ4n) is 3.99. The first-order valence-electron chi connectivity index (χ1n) is 12.2. The first kappa shape index (κ1) is 25.7. The zero-order chi connectivity index (χ0) is 25.5. The summed E-state index contributed by atoms with van der Waals surface area (Å²) in [5, 5.41) is 5.82. The number of aromatic nitrogens is 4. The largest absolute Gasteiger partial charge is 0.403 e. The maximum absolute atomic E-state index is 6.09. The summed E-state index contributed by atoms with van der Waals surface area (Å²) < 4.78 is 13.5. The van der Waals surface area contributed by atoms with Gasteiger partial charge in [-0.25, -0.2) is 14.6 Å². The second kappa shape index (κ2) is 11.6. The predicted molar refractivity (Wildman–Crippen MR) is 148 cm³/mol. The molecule has 1 aliphatic heterocycles. The molecular weight excluding hydrogens is 470 g/mol. The molecule has 190 valence electrons. The van der Waals surface area contributed by atoms with Gasteiger partial charge in [0.25, 0.3) is 0 Å². The van der Waals surface area contributed by atoms with Gasteiger partial charge in [0.05, 0.1) is 35.8 Å². The summed E-state index contributed by atoms with van der Waals surface area (Å²) in [6.45, 7) is 15.0. The Morgan fingerprint density at radius 3 is 2.75 bits per heavy atom. The Hall–Kier alpha value is -3.34. The molecule has 0 spiro atoms. The number of morpholine rings is 1. The van der Waals surface area contributed by atoms with Crippen LogP contribution < -0.4 is 10.6 Å². The van der Waals surface area contributed by atoms with Crippen LogP contribution >= 0.6 is 0 Å². The standard InChI is InChI=1S/C26H35N7O2Si/c1-5-22(28-9-8-27)20-6-7-23-21(16-20)26(33(31-23)19-35-14-15-36(2,3)4)24-17-25(30-18-29-24)32-10-12-34-13-11-32/h5-9,16-18H,1,10-15,19,27H2,2-4H3/b9-8-,28-22+. The highest BCUT2D eigenvalue weighted by Gasteiger charge is 2.20. The van der Waals surface area contributed by atoms with Crippen molar-refractivity contribution in [3.63, 3.8) is 0 Å². The van der Waals surface area contributed by atoms with E-state index in [9.17, 15) is 0 Å². The van der Waals surface area contributed by atoms with Crippen molar-refractivity contribution in [2.45, 2.75) is 32.4 Å². The van der Waals surface area contributed by atoms with Gasteiger partial charge in [0.2, 0.25) is 0 Å². The summed E-state index contributed by atoms with van der Waals surface area (Å²) in [5.74, 6) is 0.876. The molecule has 3 aromatic rings. The minimum Gasteiger partial charge on any atom is -0.403 e. The molecule has 1 saturated heterocycles. The highest BCUT2D eigenvalue weighted by Crippen LogP contribution is 2.30. The highest BCUT2D eigenvalue weighted by molar-refractivity contribution is 6.76. The summed E-state index contributed by atoms with van der Waals surface area (Å²) in [5.41, 5.74) is 9.66. The van der Waals surface area contributed by atoms with Gasteiger partial charge in [-0.3, -0.25) is 4.99 Å². The van der Waals surface area contributed by atoms with Gasteiger partial charge in [0.1, 0.15) is 18.9 Å². The van der Waals surface area contributed by atoms with Crippen molar-refractivity contribution >= 4 is 30.5 Å². The summed E-state index contributed by atoms with van der Waals surface area (Å²) in [6.07, 6.45) is 6.28. The van der Waals surface area contributed by atoms with Crippen LogP contribution in [0.4, 0.5) is 5.82 Å². The lowest BCUT2D eigenvalue weighted by atomic mass is 10.0. The molecule has 0 unspecified atom stereocenters. The molecule has 2 aromatic heterocycles. The van der Waals surface area contributed by atoms with Crippen molar-refractivity contribution in [3.05, 3.63) is 61.2 Å². The maximum Gasteiger partial charge on any atom is 0.140 e. The Morgan fingerprint density at radius 2 is 2.03 bits per heavy atom. The van der Waals surface area contributed by atoms with Crippen LogP contribution in [0.25, 0.3) is 22.3 Å². The Bertz CT molecular complexity index is 1260. The van der Waals surface area contributed by atoms with E-state index in [1.54, 1.807) is 18.6 Å². The van der Waals surface area contributed by atoms with Crippen molar-refractivity contribution in [2.75, 3.05) is 37.8 Å². The molecule has 2 N–H and O–H groups in total. The minimum atomic E-state index is -1.20. The molecule has 0 bridgehead atoms. The molecule has 10 heteroatoms. The Balaban J connectivity index is 1.76. The number of nitrogens with two attached hydrogens (primary N) is 1. The van der Waals surface area contributed by atoms with Gasteiger partial charge >= 0.3 is 0 Å². The zero-order valence-electron chi connectivity index (χ0n) is 21.4. The molecule has 0 atom stereocenters. The van der Waals surface area contributed by atoms with E-state index < -0.39 is 8.07 Å². The second-order valence-corrected chi connectivity index (χ2v) is 15.5. The number of benzene rings is 1. The van der Waals surface area contributed by atoms with E-state index in [1.807, 2.05) is 22.9 Å². The molecule has 1 fully saturated rings. The lowest BCUT2D eigenvalue weighted by molar-refractivity contribution is 0.0802. The normalized spacial score (nSPS) is 15.2. The molecule has 0 radical (unpaired) electrons. The average Bonchev–Trinajstić information content (AvgIpc) is 3.25. The zero-order valence-corrected chi connectivity index (χ0v) is 22.4. The van der Waals surface area contributed by atoms with Crippen LogP contribution in [0.3, 0.4) is 0 Å². The van der Waals surface area contributed by atoms with E-state index in [4.69, 9.17) is 20.3 Å². The number of fused-ring (bicyclic) bond motifs is 1. The Morgan fingerprint density at radius 1 is 1.22 bits per heavy atom. The van der Waals surface area contributed by atoms with Gasteiger partial charge in [-0.1, -0.05) is 32.3 Å². The summed E-state index contributed by atoms with van der Waals surface area (Å²) in [6, 6.07) is 9.15. The predicted octanol–water partition coefficient (Wildman–Crippen LogP) is 4.05. The van der Waals surface area contributed by atoms with E-state index in [1.165, 1.54) is 6.20 Å². The van der Waals surface area contributed by atoms with Crippen molar-refractivity contribution in [3.8, 4) is 11.4 Å². The molecule has 0 saturated carbocycles. The Kier molecular flexibility index (Phi) is 8.29. The molecule has 36 heavy (non-hydrogen) atoms. The quantitative estimate of drug-likeness (QED) is 0.252. The molecule has 1 aliphatic rings. The number of allylic oxidation sites excluding steroid dienone is 1. The summed E-state index contributed by atoms with van der Waals surface area (Å²) in [4.78, 5) is 15.8. The molecule has 0 amide bonds. The van der Waals surface area contributed by atoms with Crippen molar-refractivity contribution in [1.29, 1.82) is 0 Å². The van der Waals surface area contributed by atoms with Crippen molar-refractivity contribution < 1.29 is 9.47 Å². The fraction of sp³-hybridized carbons (Fsp3) is 0.385. The van der Waals surface area contributed by atoms with Crippen LogP contribution in [0.5, 0.6) is 0 Å². The van der Waals surface area contributed by atoms with Crippen LogP contribution in [0.15, 0.2) is 60.6 Å². The molecule has 4 rings (SSSR count). The van der Waals surface area contributed by atoms with Crippen LogP contribution in [-0.2, 0) is 16.2 Å². The lowest BCUT2D eigenvalue weighted by Gasteiger charge is -2.27. The average molecular weight is 506 g/mol. The minimum absolute atomic E-state index is 0.346. The van der Waals surface area contributed by atoms with Gasteiger partial charge < -0.3 is 20.1 Å². The number of aliphatic imine (C=N–C) groups is 1. The Labute approximate surface area is 213 Å². The van der Waals surface area contributed by atoms with Gasteiger partial charge in [-0.05, 0) is 24.3 Å². The van der Waals surface area contributed by atoms with E-state index in [0.717, 1.165) is 58.5 Å². The topological polar surface area (TPSA) is 104 Å². The fourth-order valence-corrected chi connectivity index (χ4v) is 4.75. The number of anilines is 1. The first-order chi connectivity index (χ1) is 17.4. The summed E-state index contributed by atoms with van der Waals surface area (Å²) in [7, 11) is -1.20. The first-order valence-corrected chi connectivity index (χ1v) is 15.9. The van der Waals surface area contributed by atoms with Crippen LogP contribution in [0.2, 0.25) is 25.7 Å². The van der Waals surface area contributed by atoms with Gasteiger partial charge in [-0.2, -0.15) is 5.10 Å². The molecule has 9 nitrogen and oxygen atoms in total. The number of ether oxygens (including phenoxy) is 2. The molecule has 3 heterocycles. The molecule has 0 aliphatic carbocycles. The van der Waals surface area contributed by atoms with Crippen LogP contribution in [0, 0.1) is 0 Å². The van der Waals surface area contributed by atoms with E-state index in [0.29, 0.717) is 26.6 Å². The lowest BCUT2D eigenvalue weighted by Crippen LogP contribution is -2.36. The number of hydrogen-bond acceptors (Lipinski definition) is 8. The van der Waals surface area contributed by atoms with E-state index >= 15 is 0 Å². The molecular formula is C26H35N7O2Si. The number of hydrogen-bond donors (Lipinski definition) is 1. The smallest absolute Gasteiger partial charge is 0.140 e. The van der Waals surface area contributed by atoms with Crippen LogP contribution in [0.1, 0.15) is 5.56 Å². The maximum atomic E-state index is 6.09. The second-order valence-electron chi connectivity index (χ2n) is 9.85. The SMILES string of the molecule is C=C/C(=N\C=C/N)c1ccc2nn(COCC[Si](C)(C)C)c(-c3cc(N4CCOCC4)ncn3)c2c1. The summed E-state index contributed by atoms with van der Waals surface area (Å²) >= 11 is 0. The number of rotatable bonds is 10. The van der Waals surface area contributed by atoms with Crippen molar-refractivity contribution in [2.24, 2.45) is 10.7 Å². The highest BCUT2D eigenvalue weighted by atomic mass is 28.3. The third-order valence-electron chi connectivity index (χ3n) is 5.97. The van der Waals surface area contributed by atoms with Gasteiger partial charge in [0, 0.05) is 57.2 Å². The molecule has 1 aromatic carbocycles. The van der Waals surface area contributed by atoms with Crippen molar-refractivity contribution in [1.82, 2.24) is 19.7 Å². The number of nitrogens with zero attached hydrogens (tertiary/aromatic N) is 6. The third kappa shape index (κ3) is 6.25. The third-order valence-corrected chi connectivity index (χ3v) is 7.67. The van der Waals surface area contributed by atoms with Crippen LogP contribution in [-0.4, -0.2) is 66.4 Å². The van der Waals surface area contributed by atoms with Gasteiger partial charge in [0.15, 0.2) is 0 Å². The van der Waals surface area contributed by atoms with E-state index in [-0.39, 0.29) is 0 Å². The van der Waals surface area contributed by atoms with E-state index in [2.05, 4.69) is 52.1 Å². The van der Waals surface area contributed by atoms with Gasteiger partial charge in [-0.15, -0.1) is 0 Å².